The quantitative estimate of drug-likeness (QED) is 0.862. The summed E-state index contributed by atoms with van der Waals surface area (Å²) in [6.07, 6.45) is 2.49. The Morgan fingerprint density at radius 3 is 2.70 bits per heavy atom. The van der Waals surface area contributed by atoms with Crippen LogP contribution in [0.4, 0.5) is 13.6 Å². The van der Waals surface area contributed by atoms with Crippen molar-refractivity contribution in [3.63, 3.8) is 0 Å². The van der Waals surface area contributed by atoms with Gasteiger partial charge < -0.3 is 14.8 Å². The lowest BCUT2D eigenvalue weighted by atomic mass is 10.2. The molecule has 1 aromatic heterocycles. The number of aromatic nitrogens is 1. The molecule has 0 spiro atoms. The Hall–Kier alpha value is -2.36. The zero-order chi connectivity index (χ0) is 17.5. The van der Waals surface area contributed by atoms with E-state index in [2.05, 4.69) is 26.9 Å². The van der Waals surface area contributed by atoms with Crippen molar-refractivity contribution in [2.24, 2.45) is 0 Å². The minimum Gasteiger partial charge on any atom is -0.444 e. The first-order chi connectivity index (χ1) is 10.7. The molecule has 1 atom stereocenters. The highest BCUT2D eigenvalue weighted by atomic mass is 19.3. The molecule has 1 rings (SSSR count). The van der Waals surface area contributed by atoms with Crippen LogP contribution in [0.25, 0.3) is 0 Å². The molecule has 7 heteroatoms. The van der Waals surface area contributed by atoms with Gasteiger partial charge in [-0.25, -0.2) is 4.79 Å². The second-order valence-corrected chi connectivity index (χ2v) is 5.84. The minimum atomic E-state index is -2.90. The van der Waals surface area contributed by atoms with Gasteiger partial charge in [-0.3, -0.25) is 4.98 Å². The summed E-state index contributed by atoms with van der Waals surface area (Å²) < 4.78 is 33.6. The van der Waals surface area contributed by atoms with Crippen molar-refractivity contribution in [2.45, 2.75) is 52.4 Å². The number of amides is 1. The molecule has 1 heterocycles. The number of hydrogen-bond acceptors (Lipinski definition) is 4. The highest BCUT2D eigenvalue weighted by Gasteiger charge is 2.17. The number of hydrogen-bond donors (Lipinski definition) is 1. The molecule has 0 aliphatic carbocycles. The summed E-state index contributed by atoms with van der Waals surface area (Å²) in [6.45, 7) is 4.21. The van der Waals surface area contributed by atoms with Crippen LogP contribution in [0, 0.1) is 11.8 Å². The lowest BCUT2D eigenvalue weighted by Crippen LogP contribution is -2.37. The second kappa shape index (κ2) is 8.32. The first kappa shape index (κ1) is 18.7. The predicted octanol–water partition coefficient (Wildman–Crippen LogP) is 3.34. The molecule has 0 aliphatic heterocycles. The molecular weight excluding hydrogens is 306 g/mol. The van der Waals surface area contributed by atoms with Crippen molar-refractivity contribution >= 4 is 6.09 Å². The van der Waals surface area contributed by atoms with Crippen LogP contribution in [-0.4, -0.2) is 29.3 Å². The van der Waals surface area contributed by atoms with Gasteiger partial charge in [0.2, 0.25) is 0 Å². The molecule has 0 saturated heterocycles. The van der Waals surface area contributed by atoms with Crippen LogP contribution in [0.3, 0.4) is 0 Å². The maximum Gasteiger partial charge on any atom is 0.407 e. The molecule has 126 valence electrons. The molecule has 0 saturated carbocycles. The molecule has 0 aliphatic rings. The maximum atomic E-state index is 12.1. The third-order valence-electron chi connectivity index (χ3n) is 2.34. The van der Waals surface area contributed by atoms with E-state index in [1.165, 1.54) is 18.5 Å². The number of ether oxygens (including phenoxy) is 2. The first-order valence-electron chi connectivity index (χ1n) is 7.04. The summed E-state index contributed by atoms with van der Waals surface area (Å²) in [5.74, 6) is 5.58. The Morgan fingerprint density at radius 1 is 1.39 bits per heavy atom. The van der Waals surface area contributed by atoms with Crippen LogP contribution in [0.5, 0.6) is 5.75 Å². The van der Waals surface area contributed by atoms with E-state index in [1.807, 2.05) is 0 Å². The fourth-order valence-electron chi connectivity index (χ4n) is 1.52. The smallest absolute Gasteiger partial charge is 0.407 e. The van der Waals surface area contributed by atoms with Crippen LogP contribution in [-0.2, 0) is 4.74 Å². The van der Waals surface area contributed by atoms with E-state index in [0.717, 1.165) is 0 Å². The van der Waals surface area contributed by atoms with Crippen molar-refractivity contribution in [1.82, 2.24) is 10.3 Å². The Kier molecular flexibility index (Phi) is 6.76. The highest BCUT2D eigenvalue weighted by molar-refractivity contribution is 5.68. The van der Waals surface area contributed by atoms with Gasteiger partial charge in [-0.05, 0) is 33.8 Å². The number of carbonyl (C=O) groups is 1. The monoisotopic (exact) mass is 326 g/mol. The number of nitrogens with zero attached hydrogens (tertiary/aromatic N) is 1. The molecule has 23 heavy (non-hydrogen) atoms. The van der Waals surface area contributed by atoms with Crippen LogP contribution in [0.1, 0.15) is 39.7 Å². The lowest BCUT2D eigenvalue weighted by molar-refractivity contribution is -0.0500. The summed E-state index contributed by atoms with van der Waals surface area (Å²) in [5.41, 5.74) is -0.112. The molecule has 0 aromatic carbocycles. The zero-order valence-corrected chi connectivity index (χ0v) is 13.5. The van der Waals surface area contributed by atoms with Gasteiger partial charge in [0, 0.05) is 24.2 Å². The van der Waals surface area contributed by atoms with Crippen molar-refractivity contribution in [3.05, 3.63) is 24.0 Å². The van der Waals surface area contributed by atoms with Gasteiger partial charge in [0.05, 0.1) is 6.20 Å². The largest absolute Gasteiger partial charge is 0.444 e. The van der Waals surface area contributed by atoms with Crippen LogP contribution >= 0.6 is 0 Å². The molecule has 1 amide bonds. The summed E-state index contributed by atoms with van der Waals surface area (Å²) in [6, 6.07) is 1.16. The van der Waals surface area contributed by atoms with Gasteiger partial charge >= 0.3 is 12.7 Å². The average molecular weight is 326 g/mol. The lowest BCUT2D eigenvalue weighted by Gasteiger charge is -2.21. The SMILES string of the molecule is C[C@@H](CC#Cc1cncc(OC(F)F)c1)NC(=O)OC(C)(C)C. The van der Waals surface area contributed by atoms with E-state index in [0.29, 0.717) is 12.0 Å². The molecule has 0 radical (unpaired) electrons. The second-order valence-electron chi connectivity index (χ2n) is 5.84. The normalized spacial score (nSPS) is 12.1. The maximum absolute atomic E-state index is 12.1. The number of halogens is 2. The zero-order valence-electron chi connectivity index (χ0n) is 13.5. The van der Waals surface area contributed by atoms with E-state index in [9.17, 15) is 13.6 Å². The van der Waals surface area contributed by atoms with Gasteiger partial charge in [0.1, 0.15) is 11.4 Å². The molecule has 0 unspecified atom stereocenters. The van der Waals surface area contributed by atoms with E-state index < -0.39 is 18.3 Å². The summed E-state index contributed by atoms with van der Waals surface area (Å²) in [7, 11) is 0. The molecule has 1 aromatic rings. The minimum absolute atomic E-state index is 0.0493. The van der Waals surface area contributed by atoms with Crippen molar-refractivity contribution in [2.75, 3.05) is 0 Å². The standard InChI is InChI=1S/C16H20F2N2O3/c1-11(20-15(21)23-16(2,3)4)6-5-7-12-8-13(10-19-9-12)22-14(17)18/h8-11,14H,6H2,1-4H3,(H,20,21)/t11-/m0/s1. The summed E-state index contributed by atoms with van der Waals surface area (Å²) in [4.78, 5) is 15.3. The van der Waals surface area contributed by atoms with Gasteiger partial charge in [0.25, 0.3) is 0 Å². The number of carbonyl (C=O) groups excluding carboxylic acids is 1. The Balaban J connectivity index is 2.52. The fourth-order valence-corrected chi connectivity index (χ4v) is 1.52. The third-order valence-corrected chi connectivity index (χ3v) is 2.34. The van der Waals surface area contributed by atoms with E-state index in [-0.39, 0.29) is 11.8 Å². The van der Waals surface area contributed by atoms with Crippen LogP contribution in [0.15, 0.2) is 18.5 Å². The predicted molar refractivity (Wildman–Crippen MR) is 81.2 cm³/mol. The van der Waals surface area contributed by atoms with E-state index in [1.54, 1.807) is 27.7 Å². The topological polar surface area (TPSA) is 60.5 Å². The number of nitrogens with one attached hydrogen (secondary N) is 1. The molecular formula is C16H20F2N2O3. The first-order valence-corrected chi connectivity index (χ1v) is 7.04. The van der Waals surface area contributed by atoms with Gasteiger partial charge in [-0.15, -0.1) is 0 Å². The third kappa shape index (κ3) is 8.61. The average Bonchev–Trinajstić information content (AvgIpc) is 2.35. The van der Waals surface area contributed by atoms with Crippen molar-refractivity contribution in [1.29, 1.82) is 0 Å². The summed E-state index contributed by atoms with van der Waals surface area (Å²) >= 11 is 0. The van der Waals surface area contributed by atoms with E-state index in [4.69, 9.17) is 4.74 Å². The number of alkyl carbamates (subject to hydrolysis) is 1. The Labute approximate surface area is 134 Å². The Morgan fingerprint density at radius 2 is 2.09 bits per heavy atom. The highest BCUT2D eigenvalue weighted by Crippen LogP contribution is 2.13. The van der Waals surface area contributed by atoms with Gasteiger partial charge in [-0.2, -0.15) is 8.78 Å². The van der Waals surface area contributed by atoms with Crippen LogP contribution < -0.4 is 10.1 Å². The molecule has 5 nitrogen and oxygen atoms in total. The number of pyridine rings is 1. The number of alkyl halides is 2. The van der Waals surface area contributed by atoms with Crippen molar-refractivity contribution in [3.8, 4) is 17.6 Å². The summed E-state index contributed by atoms with van der Waals surface area (Å²) in [5, 5.41) is 2.66. The Bertz CT molecular complexity index is 589. The van der Waals surface area contributed by atoms with E-state index >= 15 is 0 Å². The molecule has 0 fully saturated rings. The number of rotatable bonds is 4. The molecule has 1 N–H and O–H groups in total. The van der Waals surface area contributed by atoms with Crippen molar-refractivity contribution < 1.29 is 23.0 Å². The fraction of sp³-hybridized carbons (Fsp3) is 0.500. The van der Waals surface area contributed by atoms with Crippen LogP contribution in [0.2, 0.25) is 0 Å². The van der Waals surface area contributed by atoms with Gasteiger partial charge in [-0.1, -0.05) is 11.8 Å². The van der Waals surface area contributed by atoms with Gasteiger partial charge in [0.15, 0.2) is 0 Å². The molecule has 0 bridgehead atoms.